The molecule has 106 valence electrons. The first-order valence-electron chi connectivity index (χ1n) is 7.25. The van der Waals surface area contributed by atoms with E-state index in [0.29, 0.717) is 12.6 Å². The maximum Gasteiger partial charge on any atom is 0.215 e. The van der Waals surface area contributed by atoms with Crippen LogP contribution in [0, 0.1) is 0 Å². The van der Waals surface area contributed by atoms with Crippen molar-refractivity contribution in [3.8, 4) is 0 Å². The Labute approximate surface area is 123 Å². The van der Waals surface area contributed by atoms with Crippen molar-refractivity contribution in [1.82, 2.24) is 4.98 Å². The zero-order valence-electron chi connectivity index (χ0n) is 11.9. The molecule has 0 saturated heterocycles. The van der Waals surface area contributed by atoms with Crippen LogP contribution in [0.4, 0.5) is 11.4 Å². The summed E-state index contributed by atoms with van der Waals surface area (Å²) >= 11 is 0. The highest BCUT2D eigenvalue weighted by atomic mass is 16.3. The number of hydrogen-bond donors (Lipinski definition) is 1. The quantitative estimate of drug-likeness (QED) is 0.777. The number of nitrogens with one attached hydrogen (secondary N) is 1. The van der Waals surface area contributed by atoms with Gasteiger partial charge in [0.15, 0.2) is 5.58 Å². The molecule has 0 amide bonds. The van der Waals surface area contributed by atoms with Crippen LogP contribution in [0.3, 0.4) is 0 Å². The standard InChI is InChI=1S/C17H17N3O/c1-12-10-18-13-6-2-4-8-15(13)20(12)11-17-19-14-7-3-5-9-16(14)21-17/h2-9,12,18H,10-11H2,1H3. The third-order valence-corrected chi connectivity index (χ3v) is 3.98. The van der Waals surface area contributed by atoms with Gasteiger partial charge in [0, 0.05) is 12.6 Å². The van der Waals surface area contributed by atoms with E-state index in [0.717, 1.165) is 23.5 Å². The van der Waals surface area contributed by atoms with Gasteiger partial charge >= 0.3 is 0 Å². The Morgan fingerprint density at radius 3 is 2.90 bits per heavy atom. The molecule has 1 atom stereocenters. The molecule has 0 aliphatic carbocycles. The van der Waals surface area contributed by atoms with Gasteiger partial charge in [-0.05, 0) is 31.2 Å². The maximum absolute atomic E-state index is 5.86. The molecule has 4 nitrogen and oxygen atoms in total. The topological polar surface area (TPSA) is 41.3 Å². The predicted molar refractivity (Wildman–Crippen MR) is 84.6 cm³/mol. The number of nitrogens with zero attached hydrogens (tertiary/aromatic N) is 2. The van der Waals surface area contributed by atoms with E-state index in [-0.39, 0.29) is 0 Å². The Morgan fingerprint density at radius 1 is 1.19 bits per heavy atom. The lowest BCUT2D eigenvalue weighted by Gasteiger charge is -2.36. The van der Waals surface area contributed by atoms with E-state index in [1.165, 1.54) is 11.4 Å². The summed E-state index contributed by atoms with van der Waals surface area (Å²) in [6, 6.07) is 16.7. The highest BCUT2D eigenvalue weighted by Crippen LogP contribution is 2.32. The number of hydrogen-bond acceptors (Lipinski definition) is 4. The molecule has 2 aromatic carbocycles. The number of oxazole rings is 1. The van der Waals surface area contributed by atoms with E-state index in [2.05, 4.69) is 46.4 Å². The van der Waals surface area contributed by atoms with Gasteiger partial charge in [0.2, 0.25) is 5.89 Å². The average molecular weight is 279 g/mol. The van der Waals surface area contributed by atoms with Gasteiger partial charge in [-0.3, -0.25) is 0 Å². The van der Waals surface area contributed by atoms with E-state index in [4.69, 9.17) is 4.42 Å². The molecule has 21 heavy (non-hydrogen) atoms. The fourth-order valence-corrected chi connectivity index (χ4v) is 2.85. The monoisotopic (exact) mass is 279 g/mol. The lowest BCUT2D eigenvalue weighted by Crippen LogP contribution is -2.41. The van der Waals surface area contributed by atoms with Crippen molar-refractivity contribution in [2.24, 2.45) is 0 Å². The van der Waals surface area contributed by atoms with E-state index in [1.807, 2.05) is 24.3 Å². The molecule has 0 spiro atoms. The molecule has 0 fully saturated rings. The first kappa shape index (κ1) is 12.3. The smallest absolute Gasteiger partial charge is 0.215 e. The van der Waals surface area contributed by atoms with Crippen LogP contribution in [0.2, 0.25) is 0 Å². The van der Waals surface area contributed by atoms with Crippen molar-refractivity contribution in [2.45, 2.75) is 19.5 Å². The molecule has 4 heteroatoms. The van der Waals surface area contributed by atoms with Gasteiger partial charge in [0.05, 0.1) is 17.9 Å². The zero-order valence-corrected chi connectivity index (χ0v) is 11.9. The van der Waals surface area contributed by atoms with Crippen molar-refractivity contribution < 1.29 is 4.42 Å². The first-order chi connectivity index (χ1) is 10.3. The Morgan fingerprint density at radius 2 is 2.00 bits per heavy atom. The lowest BCUT2D eigenvalue weighted by molar-refractivity contribution is 0.501. The van der Waals surface area contributed by atoms with Gasteiger partial charge in [-0.15, -0.1) is 0 Å². The molecular formula is C17H17N3O. The molecule has 1 aliphatic rings. The van der Waals surface area contributed by atoms with Crippen LogP contribution in [0.25, 0.3) is 11.1 Å². The molecule has 1 aromatic heterocycles. The molecule has 0 radical (unpaired) electrons. The van der Waals surface area contributed by atoms with E-state index in [9.17, 15) is 0 Å². The SMILES string of the molecule is CC1CNc2ccccc2N1Cc1nc2ccccc2o1. The summed E-state index contributed by atoms with van der Waals surface area (Å²) in [4.78, 5) is 6.93. The van der Waals surface area contributed by atoms with Crippen LogP contribution in [0.5, 0.6) is 0 Å². The van der Waals surface area contributed by atoms with Gasteiger partial charge in [-0.25, -0.2) is 4.98 Å². The van der Waals surface area contributed by atoms with Crippen LogP contribution in [0.1, 0.15) is 12.8 Å². The van der Waals surface area contributed by atoms with Crippen LogP contribution in [-0.2, 0) is 6.54 Å². The van der Waals surface area contributed by atoms with Gasteiger partial charge in [-0.1, -0.05) is 24.3 Å². The van der Waals surface area contributed by atoms with Gasteiger partial charge < -0.3 is 14.6 Å². The molecule has 1 unspecified atom stereocenters. The molecular weight excluding hydrogens is 262 g/mol. The van der Waals surface area contributed by atoms with E-state index in [1.54, 1.807) is 0 Å². The van der Waals surface area contributed by atoms with E-state index < -0.39 is 0 Å². The number of benzene rings is 2. The highest BCUT2D eigenvalue weighted by Gasteiger charge is 2.24. The summed E-state index contributed by atoms with van der Waals surface area (Å²) in [6.45, 7) is 3.83. The Hall–Kier alpha value is -2.49. The van der Waals surface area contributed by atoms with Crippen LogP contribution >= 0.6 is 0 Å². The van der Waals surface area contributed by atoms with Crippen molar-refractivity contribution >= 4 is 22.5 Å². The van der Waals surface area contributed by atoms with Gasteiger partial charge in [0.25, 0.3) is 0 Å². The second-order valence-electron chi connectivity index (χ2n) is 5.45. The Balaban J connectivity index is 1.69. The summed E-state index contributed by atoms with van der Waals surface area (Å²) in [6.07, 6.45) is 0. The number of para-hydroxylation sites is 4. The summed E-state index contributed by atoms with van der Waals surface area (Å²) < 4.78 is 5.86. The van der Waals surface area contributed by atoms with Gasteiger partial charge in [-0.2, -0.15) is 0 Å². The summed E-state index contributed by atoms with van der Waals surface area (Å²) in [5.41, 5.74) is 4.15. The molecule has 4 rings (SSSR count). The lowest BCUT2D eigenvalue weighted by atomic mass is 10.1. The van der Waals surface area contributed by atoms with E-state index >= 15 is 0 Å². The van der Waals surface area contributed by atoms with Crippen molar-refractivity contribution in [1.29, 1.82) is 0 Å². The fourth-order valence-electron chi connectivity index (χ4n) is 2.85. The minimum atomic E-state index is 0.398. The Kier molecular flexibility index (Phi) is 2.81. The number of rotatable bonds is 2. The number of anilines is 2. The molecule has 1 aliphatic heterocycles. The third-order valence-electron chi connectivity index (χ3n) is 3.98. The zero-order chi connectivity index (χ0) is 14.2. The molecule has 0 bridgehead atoms. The Bertz CT molecular complexity index is 747. The summed E-state index contributed by atoms with van der Waals surface area (Å²) in [5, 5.41) is 3.46. The minimum absolute atomic E-state index is 0.398. The molecule has 1 N–H and O–H groups in total. The normalized spacial score (nSPS) is 17.6. The van der Waals surface area contributed by atoms with Crippen molar-refractivity contribution in [3.63, 3.8) is 0 Å². The van der Waals surface area contributed by atoms with Crippen LogP contribution < -0.4 is 10.2 Å². The summed E-state index contributed by atoms with van der Waals surface area (Å²) in [7, 11) is 0. The highest BCUT2D eigenvalue weighted by molar-refractivity contribution is 5.74. The largest absolute Gasteiger partial charge is 0.439 e. The second-order valence-corrected chi connectivity index (χ2v) is 5.45. The number of aromatic nitrogens is 1. The van der Waals surface area contributed by atoms with Crippen LogP contribution in [0.15, 0.2) is 52.9 Å². The van der Waals surface area contributed by atoms with Gasteiger partial charge in [0.1, 0.15) is 5.52 Å². The average Bonchev–Trinajstić information content (AvgIpc) is 2.92. The molecule has 3 aromatic rings. The number of fused-ring (bicyclic) bond motifs is 2. The minimum Gasteiger partial charge on any atom is -0.439 e. The van der Waals surface area contributed by atoms with Crippen molar-refractivity contribution in [3.05, 3.63) is 54.4 Å². The van der Waals surface area contributed by atoms with Crippen molar-refractivity contribution in [2.75, 3.05) is 16.8 Å². The molecule has 2 heterocycles. The molecule has 0 saturated carbocycles. The predicted octanol–water partition coefficient (Wildman–Crippen LogP) is 3.65. The maximum atomic E-state index is 5.86. The third kappa shape index (κ3) is 2.13. The first-order valence-corrected chi connectivity index (χ1v) is 7.25. The summed E-state index contributed by atoms with van der Waals surface area (Å²) in [5.74, 6) is 0.764. The fraction of sp³-hybridized carbons (Fsp3) is 0.235. The second kappa shape index (κ2) is 4.81. The van der Waals surface area contributed by atoms with Crippen LogP contribution in [-0.4, -0.2) is 17.6 Å².